The molecule has 0 aliphatic carbocycles. The van der Waals surface area contributed by atoms with E-state index in [0.717, 1.165) is 20.6 Å². The summed E-state index contributed by atoms with van der Waals surface area (Å²) < 4.78 is 28.5. The quantitative estimate of drug-likeness (QED) is 0.544. The van der Waals surface area contributed by atoms with Crippen LogP contribution in [-0.4, -0.2) is 0 Å². The van der Waals surface area contributed by atoms with Gasteiger partial charge in [0.05, 0.1) is 5.38 Å². The SMILES string of the molecule is Fc1cccc(CC(Cl)c2cc(Br)cc(Br)c2)c1F. The monoisotopic (exact) mass is 408 g/mol. The second kappa shape index (κ2) is 6.33. The molecule has 0 saturated heterocycles. The lowest BCUT2D eigenvalue weighted by atomic mass is 10.0. The predicted octanol–water partition coefficient (Wildman–Crippen LogP) is 6.01. The molecular weight excluding hydrogens is 401 g/mol. The predicted molar refractivity (Wildman–Crippen MR) is 80.5 cm³/mol. The number of alkyl halides is 1. The molecule has 0 spiro atoms. The molecule has 2 aromatic rings. The maximum atomic E-state index is 13.6. The third-order valence-electron chi connectivity index (χ3n) is 2.68. The normalized spacial score (nSPS) is 12.5. The number of hydrogen-bond donors (Lipinski definition) is 0. The van der Waals surface area contributed by atoms with Gasteiger partial charge in [-0.3, -0.25) is 0 Å². The van der Waals surface area contributed by atoms with Crippen molar-refractivity contribution >= 4 is 43.5 Å². The average Bonchev–Trinajstić information content (AvgIpc) is 2.33. The zero-order valence-corrected chi connectivity index (χ0v) is 13.6. The van der Waals surface area contributed by atoms with Crippen LogP contribution in [0.5, 0.6) is 0 Å². The first-order valence-corrected chi connectivity index (χ1v) is 7.52. The molecule has 2 aromatic carbocycles. The molecular formula is C14H9Br2ClF2. The largest absolute Gasteiger partial charge is 0.204 e. The fourth-order valence-corrected chi connectivity index (χ4v) is 3.39. The molecule has 0 aliphatic rings. The highest BCUT2D eigenvalue weighted by atomic mass is 79.9. The Labute approximate surface area is 132 Å². The number of benzene rings is 2. The van der Waals surface area contributed by atoms with Gasteiger partial charge in [-0.15, -0.1) is 11.6 Å². The van der Waals surface area contributed by atoms with Crippen molar-refractivity contribution in [3.63, 3.8) is 0 Å². The van der Waals surface area contributed by atoms with Crippen molar-refractivity contribution in [3.8, 4) is 0 Å². The van der Waals surface area contributed by atoms with Crippen molar-refractivity contribution in [1.82, 2.24) is 0 Å². The van der Waals surface area contributed by atoms with Gasteiger partial charge in [0.25, 0.3) is 0 Å². The lowest BCUT2D eigenvalue weighted by Gasteiger charge is -2.12. The van der Waals surface area contributed by atoms with Crippen LogP contribution >= 0.6 is 43.5 Å². The molecule has 0 saturated carbocycles. The summed E-state index contributed by atoms with van der Waals surface area (Å²) in [5, 5.41) is -0.426. The third kappa shape index (κ3) is 3.77. The van der Waals surface area contributed by atoms with Gasteiger partial charge in [-0.25, -0.2) is 8.78 Å². The van der Waals surface area contributed by atoms with Crippen molar-refractivity contribution in [2.75, 3.05) is 0 Å². The topological polar surface area (TPSA) is 0 Å². The van der Waals surface area contributed by atoms with Gasteiger partial charge in [0, 0.05) is 8.95 Å². The number of rotatable bonds is 3. The zero-order chi connectivity index (χ0) is 14.0. The van der Waals surface area contributed by atoms with Crippen molar-refractivity contribution < 1.29 is 8.78 Å². The standard InChI is InChI=1S/C14H9Br2ClF2/c15-10-4-9(5-11(16)7-10)12(17)6-8-2-1-3-13(18)14(8)19/h1-5,7,12H,6H2. The first-order valence-electron chi connectivity index (χ1n) is 5.50. The minimum atomic E-state index is -0.850. The molecule has 0 amide bonds. The van der Waals surface area contributed by atoms with Gasteiger partial charge in [-0.2, -0.15) is 0 Å². The van der Waals surface area contributed by atoms with Crippen molar-refractivity contribution in [3.05, 3.63) is 68.1 Å². The molecule has 1 unspecified atom stereocenters. The molecule has 19 heavy (non-hydrogen) atoms. The van der Waals surface area contributed by atoms with Crippen LogP contribution in [0.2, 0.25) is 0 Å². The van der Waals surface area contributed by atoms with Crippen LogP contribution in [0.15, 0.2) is 45.3 Å². The molecule has 0 N–H and O–H groups in total. The smallest absolute Gasteiger partial charge is 0.162 e. The van der Waals surface area contributed by atoms with Crippen LogP contribution in [-0.2, 0) is 6.42 Å². The van der Waals surface area contributed by atoms with E-state index < -0.39 is 17.0 Å². The fraction of sp³-hybridized carbons (Fsp3) is 0.143. The van der Waals surface area contributed by atoms with E-state index >= 15 is 0 Å². The number of hydrogen-bond acceptors (Lipinski definition) is 0. The zero-order valence-electron chi connectivity index (χ0n) is 9.64. The lowest BCUT2D eigenvalue weighted by Crippen LogP contribution is -2.00. The van der Waals surface area contributed by atoms with E-state index in [1.807, 2.05) is 18.2 Å². The van der Waals surface area contributed by atoms with E-state index in [2.05, 4.69) is 31.9 Å². The van der Waals surface area contributed by atoms with Gasteiger partial charge in [0.2, 0.25) is 0 Å². The Morgan fingerprint density at radius 1 is 1.05 bits per heavy atom. The Bertz CT molecular complexity index is 582. The van der Waals surface area contributed by atoms with E-state index in [-0.39, 0.29) is 12.0 Å². The van der Waals surface area contributed by atoms with Gasteiger partial charge in [0.15, 0.2) is 11.6 Å². The van der Waals surface area contributed by atoms with Gasteiger partial charge in [0.1, 0.15) is 0 Å². The first kappa shape index (κ1) is 14.9. The summed E-state index contributed by atoms with van der Waals surface area (Å²) >= 11 is 13.0. The van der Waals surface area contributed by atoms with Gasteiger partial charge in [-0.1, -0.05) is 44.0 Å². The molecule has 100 valence electrons. The Balaban J connectivity index is 2.25. The summed E-state index contributed by atoms with van der Waals surface area (Å²) in [4.78, 5) is 0. The minimum Gasteiger partial charge on any atom is -0.204 e. The lowest BCUT2D eigenvalue weighted by molar-refractivity contribution is 0.498. The molecule has 0 nitrogen and oxygen atoms in total. The van der Waals surface area contributed by atoms with Crippen LogP contribution in [0.4, 0.5) is 8.78 Å². The summed E-state index contributed by atoms with van der Waals surface area (Å²) in [5.41, 5.74) is 1.11. The highest BCUT2D eigenvalue weighted by Crippen LogP contribution is 2.31. The molecule has 0 radical (unpaired) electrons. The van der Waals surface area contributed by atoms with E-state index in [4.69, 9.17) is 11.6 Å². The molecule has 0 aliphatic heterocycles. The summed E-state index contributed by atoms with van der Waals surface area (Å²) in [6, 6.07) is 9.72. The first-order chi connectivity index (χ1) is 8.97. The molecule has 0 bridgehead atoms. The fourth-order valence-electron chi connectivity index (χ4n) is 1.77. The van der Waals surface area contributed by atoms with E-state index in [0.29, 0.717) is 0 Å². The van der Waals surface area contributed by atoms with Gasteiger partial charge >= 0.3 is 0 Å². The van der Waals surface area contributed by atoms with E-state index in [1.54, 1.807) is 6.07 Å². The minimum absolute atomic E-state index is 0.230. The maximum absolute atomic E-state index is 13.6. The molecule has 5 heteroatoms. The van der Waals surface area contributed by atoms with Crippen LogP contribution in [0, 0.1) is 11.6 Å². The van der Waals surface area contributed by atoms with E-state index in [1.165, 1.54) is 6.07 Å². The van der Waals surface area contributed by atoms with Crippen LogP contribution in [0.3, 0.4) is 0 Å². The second-order valence-electron chi connectivity index (χ2n) is 4.09. The molecule has 2 rings (SSSR count). The average molecular weight is 410 g/mol. The van der Waals surface area contributed by atoms with E-state index in [9.17, 15) is 8.78 Å². The van der Waals surface area contributed by atoms with Crippen LogP contribution < -0.4 is 0 Å². The van der Waals surface area contributed by atoms with Gasteiger partial charge < -0.3 is 0 Å². The molecule has 1 atom stereocenters. The van der Waals surface area contributed by atoms with Crippen molar-refractivity contribution in [1.29, 1.82) is 0 Å². The Morgan fingerprint density at radius 3 is 2.32 bits per heavy atom. The van der Waals surface area contributed by atoms with Crippen LogP contribution in [0.1, 0.15) is 16.5 Å². The summed E-state index contributed by atoms with van der Waals surface area (Å²) in [5.74, 6) is -1.68. The maximum Gasteiger partial charge on any atom is 0.162 e. The third-order valence-corrected chi connectivity index (χ3v) is 4.00. The second-order valence-corrected chi connectivity index (χ2v) is 6.45. The van der Waals surface area contributed by atoms with Crippen molar-refractivity contribution in [2.45, 2.75) is 11.8 Å². The Morgan fingerprint density at radius 2 is 1.68 bits per heavy atom. The summed E-state index contributed by atoms with van der Waals surface area (Å²) in [6.45, 7) is 0. The molecule has 0 heterocycles. The van der Waals surface area contributed by atoms with Gasteiger partial charge in [-0.05, 0) is 41.8 Å². The van der Waals surface area contributed by atoms with Crippen molar-refractivity contribution in [2.24, 2.45) is 0 Å². The van der Waals surface area contributed by atoms with Crippen LogP contribution in [0.25, 0.3) is 0 Å². The highest BCUT2D eigenvalue weighted by molar-refractivity contribution is 9.11. The molecule has 0 aromatic heterocycles. The summed E-state index contributed by atoms with van der Waals surface area (Å²) in [6.07, 6.45) is 0.230. The Hall–Kier alpha value is -0.450. The summed E-state index contributed by atoms with van der Waals surface area (Å²) in [7, 11) is 0. The highest BCUT2D eigenvalue weighted by Gasteiger charge is 2.15. The Kier molecular flexibility index (Phi) is 4.98. The molecule has 0 fully saturated rings. The number of halogens is 5.